The van der Waals surface area contributed by atoms with E-state index >= 15 is 0 Å². The average molecular weight is 229 g/mol. The minimum Gasteiger partial charge on any atom is -0.342 e. The van der Waals surface area contributed by atoms with Gasteiger partial charge in [0.15, 0.2) is 0 Å². The van der Waals surface area contributed by atoms with E-state index in [4.69, 9.17) is 16.9 Å². The van der Waals surface area contributed by atoms with Gasteiger partial charge >= 0.3 is 0 Å². The fourth-order valence-electron chi connectivity index (χ4n) is 2.03. The molecule has 0 atom stereocenters. The zero-order valence-corrected chi connectivity index (χ0v) is 9.67. The minimum absolute atomic E-state index is 0.0483. The lowest BCUT2D eigenvalue weighted by atomic mass is 9.92. The van der Waals surface area contributed by atoms with E-state index in [0.29, 0.717) is 12.3 Å². The van der Waals surface area contributed by atoms with Gasteiger partial charge in [-0.1, -0.05) is 0 Å². The lowest BCUT2D eigenvalue weighted by Crippen LogP contribution is -2.39. The van der Waals surface area contributed by atoms with Crippen molar-refractivity contribution in [1.29, 1.82) is 5.26 Å². The Labute approximate surface area is 96.0 Å². The summed E-state index contributed by atoms with van der Waals surface area (Å²) in [5.74, 6) is 0.837. The predicted molar refractivity (Wildman–Crippen MR) is 59.5 cm³/mol. The normalized spacial score (nSPS) is 17.5. The molecule has 3 nitrogen and oxygen atoms in total. The molecule has 0 bridgehead atoms. The lowest BCUT2D eigenvalue weighted by Gasteiger charge is -2.31. The number of unbranched alkanes of at least 4 members (excludes halogenated alkanes) is 1. The van der Waals surface area contributed by atoms with Gasteiger partial charge in [-0.15, -0.1) is 11.6 Å². The summed E-state index contributed by atoms with van der Waals surface area (Å²) in [5.41, 5.74) is 0. The van der Waals surface area contributed by atoms with Crippen LogP contribution in [0.5, 0.6) is 0 Å². The first-order chi connectivity index (χ1) is 7.27. The molecule has 0 unspecified atom stereocenters. The van der Waals surface area contributed by atoms with E-state index in [-0.39, 0.29) is 11.8 Å². The molecule has 0 radical (unpaired) electrons. The Kier molecular flexibility index (Phi) is 5.49. The quantitative estimate of drug-likeness (QED) is 0.547. The van der Waals surface area contributed by atoms with Gasteiger partial charge in [-0.2, -0.15) is 5.26 Å². The van der Waals surface area contributed by atoms with Crippen molar-refractivity contribution in [2.24, 2.45) is 5.92 Å². The Morgan fingerprint density at radius 3 is 2.67 bits per heavy atom. The second-order valence-corrected chi connectivity index (χ2v) is 4.28. The van der Waals surface area contributed by atoms with E-state index < -0.39 is 0 Å². The maximum Gasteiger partial charge on any atom is 0.237 e. The molecule has 0 aromatic carbocycles. The molecule has 1 amide bonds. The Balaban J connectivity index is 2.18. The van der Waals surface area contributed by atoms with Crippen molar-refractivity contribution in [1.82, 2.24) is 4.90 Å². The van der Waals surface area contributed by atoms with E-state index in [9.17, 15) is 4.79 Å². The first kappa shape index (κ1) is 12.3. The van der Waals surface area contributed by atoms with E-state index in [2.05, 4.69) is 6.07 Å². The third-order valence-electron chi connectivity index (χ3n) is 2.98. The Morgan fingerprint density at radius 1 is 1.47 bits per heavy atom. The molecule has 0 aromatic rings. The third kappa shape index (κ3) is 4.09. The highest BCUT2D eigenvalue weighted by molar-refractivity contribution is 6.27. The van der Waals surface area contributed by atoms with E-state index in [1.165, 1.54) is 0 Å². The van der Waals surface area contributed by atoms with E-state index in [1.54, 1.807) is 0 Å². The summed E-state index contributed by atoms with van der Waals surface area (Å²) in [6.07, 6.45) is 4.89. The molecule has 84 valence electrons. The van der Waals surface area contributed by atoms with Gasteiger partial charge < -0.3 is 4.90 Å². The molecule has 4 heteroatoms. The average Bonchev–Trinajstić information content (AvgIpc) is 2.29. The SMILES string of the molecule is N#CCCCC1CCN(C(=O)CCl)CC1. The van der Waals surface area contributed by atoms with Crippen LogP contribution < -0.4 is 0 Å². The zero-order valence-electron chi connectivity index (χ0n) is 8.91. The third-order valence-corrected chi connectivity index (χ3v) is 3.21. The highest BCUT2D eigenvalue weighted by atomic mass is 35.5. The van der Waals surface area contributed by atoms with Crippen molar-refractivity contribution in [2.75, 3.05) is 19.0 Å². The number of carbonyl (C=O) groups excluding carboxylic acids is 1. The zero-order chi connectivity index (χ0) is 11.1. The van der Waals surface area contributed by atoms with E-state index in [1.807, 2.05) is 4.90 Å². The number of carbonyl (C=O) groups is 1. The molecule has 1 rings (SSSR count). The number of hydrogen-bond donors (Lipinski definition) is 0. The Morgan fingerprint density at radius 2 is 2.13 bits per heavy atom. The number of hydrogen-bond acceptors (Lipinski definition) is 2. The first-order valence-corrected chi connectivity index (χ1v) is 6.02. The van der Waals surface area contributed by atoms with Crippen molar-refractivity contribution >= 4 is 17.5 Å². The largest absolute Gasteiger partial charge is 0.342 e. The summed E-state index contributed by atoms with van der Waals surface area (Å²) in [7, 11) is 0. The molecule has 1 heterocycles. The van der Waals surface area contributed by atoms with Crippen molar-refractivity contribution in [3.63, 3.8) is 0 Å². The van der Waals surface area contributed by atoms with Gasteiger partial charge in [0.1, 0.15) is 5.88 Å². The molecule has 0 N–H and O–H groups in total. The summed E-state index contributed by atoms with van der Waals surface area (Å²) in [6, 6.07) is 2.16. The van der Waals surface area contributed by atoms with E-state index in [0.717, 1.165) is 38.8 Å². The fraction of sp³-hybridized carbons (Fsp3) is 0.818. The number of piperidine rings is 1. The molecular formula is C11H17ClN2O. The summed E-state index contributed by atoms with van der Waals surface area (Å²) >= 11 is 5.50. The molecule has 1 fully saturated rings. The van der Waals surface area contributed by atoms with Crippen LogP contribution in [0, 0.1) is 17.2 Å². The molecule has 1 aliphatic heterocycles. The van der Waals surface area contributed by atoms with Gasteiger partial charge in [0.05, 0.1) is 6.07 Å². The van der Waals surface area contributed by atoms with Gasteiger partial charge in [0.2, 0.25) is 5.91 Å². The number of nitrogens with zero attached hydrogens (tertiary/aromatic N) is 2. The van der Waals surface area contributed by atoms with Crippen LogP contribution in [0.25, 0.3) is 0 Å². The molecule has 0 spiro atoms. The monoisotopic (exact) mass is 228 g/mol. The van der Waals surface area contributed by atoms with Gasteiger partial charge in [0, 0.05) is 19.5 Å². The van der Waals surface area contributed by atoms with Crippen LogP contribution in [-0.2, 0) is 4.79 Å². The number of rotatable bonds is 4. The molecule has 1 saturated heterocycles. The van der Waals surface area contributed by atoms with Crippen LogP contribution in [-0.4, -0.2) is 29.8 Å². The number of amides is 1. The number of nitriles is 1. The van der Waals surface area contributed by atoms with Crippen LogP contribution in [0.3, 0.4) is 0 Å². The fourth-order valence-corrected chi connectivity index (χ4v) is 2.19. The second kappa shape index (κ2) is 6.68. The topological polar surface area (TPSA) is 44.1 Å². The molecule has 0 saturated carbocycles. The first-order valence-electron chi connectivity index (χ1n) is 5.48. The van der Waals surface area contributed by atoms with Crippen molar-refractivity contribution in [3.8, 4) is 6.07 Å². The highest BCUT2D eigenvalue weighted by Crippen LogP contribution is 2.22. The van der Waals surface area contributed by atoms with Crippen LogP contribution in [0.15, 0.2) is 0 Å². The number of likely N-dealkylation sites (tertiary alicyclic amines) is 1. The molecule has 1 aliphatic rings. The summed E-state index contributed by atoms with van der Waals surface area (Å²) < 4.78 is 0. The van der Waals surface area contributed by atoms with Gasteiger partial charge in [-0.3, -0.25) is 4.79 Å². The highest BCUT2D eigenvalue weighted by Gasteiger charge is 2.21. The maximum atomic E-state index is 11.3. The van der Waals surface area contributed by atoms with Gasteiger partial charge in [-0.05, 0) is 31.6 Å². The summed E-state index contributed by atoms with van der Waals surface area (Å²) in [6.45, 7) is 1.67. The molecule has 15 heavy (non-hydrogen) atoms. The number of alkyl halides is 1. The van der Waals surface area contributed by atoms with Crippen LogP contribution in [0.1, 0.15) is 32.1 Å². The van der Waals surface area contributed by atoms with Crippen molar-refractivity contribution < 1.29 is 4.79 Å². The summed E-state index contributed by atoms with van der Waals surface area (Å²) in [5, 5.41) is 8.42. The molecule has 0 aromatic heterocycles. The van der Waals surface area contributed by atoms with Crippen LogP contribution in [0.4, 0.5) is 0 Å². The van der Waals surface area contributed by atoms with Crippen molar-refractivity contribution in [3.05, 3.63) is 0 Å². The number of halogens is 1. The standard InChI is InChI=1S/C11H17ClN2O/c12-9-11(15)14-7-4-10(5-8-14)3-1-2-6-13/h10H,1-5,7-9H2. The second-order valence-electron chi connectivity index (χ2n) is 4.01. The maximum absolute atomic E-state index is 11.3. The van der Waals surface area contributed by atoms with Gasteiger partial charge in [-0.25, -0.2) is 0 Å². The Hall–Kier alpha value is -0.750. The molecule has 0 aliphatic carbocycles. The summed E-state index contributed by atoms with van der Waals surface area (Å²) in [4.78, 5) is 13.1. The van der Waals surface area contributed by atoms with Crippen molar-refractivity contribution in [2.45, 2.75) is 32.1 Å². The van der Waals surface area contributed by atoms with Crippen LogP contribution in [0.2, 0.25) is 0 Å². The molecular weight excluding hydrogens is 212 g/mol. The lowest BCUT2D eigenvalue weighted by molar-refractivity contribution is -0.129. The minimum atomic E-state index is 0.0483. The smallest absolute Gasteiger partial charge is 0.237 e. The predicted octanol–water partition coefficient (Wildman–Crippen LogP) is 2.16. The Bertz CT molecular complexity index is 241. The van der Waals surface area contributed by atoms with Gasteiger partial charge in [0.25, 0.3) is 0 Å². The van der Waals surface area contributed by atoms with Crippen LogP contribution >= 0.6 is 11.6 Å².